The maximum Gasteiger partial charge on any atom is 0.0732 e. The third-order valence-corrected chi connectivity index (χ3v) is 3.59. The Morgan fingerprint density at radius 1 is 1.00 bits per heavy atom. The van der Waals surface area contributed by atoms with E-state index in [1.54, 1.807) is 0 Å². The molecule has 0 saturated carbocycles. The Morgan fingerprint density at radius 3 is 2.52 bits per heavy atom. The van der Waals surface area contributed by atoms with Crippen LogP contribution in [-0.4, -0.2) is 10.7 Å². The number of fused-ring (bicyclic) bond motifs is 1. The SMILES string of the molecule is NN=C(Cc1ccc2ccccc2n1)c1ccc(Cl)cc1. The number of rotatable bonds is 3. The van der Waals surface area contributed by atoms with E-state index >= 15 is 0 Å². The van der Waals surface area contributed by atoms with Gasteiger partial charge in [-0.2, -0.15) is 5.10 Å². The van der Waals surface area contributed by atoms with Crippen LogP contribution in [0.5, 0.6) is 0 Å². The minimum atomic E-state index is 0.586. The van der Waals surface area contributed by atoms with Crippen molar-refractivity contribution >= 4 is 28.2 Å². The largest absolute Gasteiger partial charge is 0.323 e. The topological polar surface area (TPSA) is 51.3 Å². The van der Waals surface area contributed by atoms with Crippen molar-refractivity contribution < 1.29 is 0 Å². The van der Waals surface area contributed by atoms with Gasteiger partial charge in [0.1, 0.15) is 0 Å². The summed E-state index contributed by atoms with van der Waals surface area (Å²) < 4.78 is 0. The maximum absolute atomic E-state index is 5.90. The molecule has 0 fully saturated rings. The maximum atomic E-state index is 5.90. The lowest BCUT2D eigenvalue weighted by molar-refractivity contribution is 1.14. The van der Waals surface area contributed by atoms with Crippen molar-refractivity contribution in [1.82, 2.24) is 4.98 Å². The van der Waals surface area contributed by atoms with Crippen LogP contribution in [0.15, 0.2) is 65.8 Å². The molecule has 0 bridgehead atoms. The average molecular weight is 296 g/mol. The smallest absolute Gasteiger partial charge is 0.0732 e. The van der Waals surface area contributed by atoms with E-state index in [0.29, 0.717) is 11.4 Å². The van der Waals surface area contributed by atoms with Crippen LogP contribution >= 0.6 is 11.6 Å². The van der Waals surface area contributed by atoms with Crippen molar-refractivity contribution in [3.8, 4) is 0 Å². The van der Waals surface area contributed by atoms with Gasteiger partial charge in [-0.25, -0.2) is 0 Å². The quantitative estimate of drug-likeness (QED) is 0.454. The van der Waals surface area contributed by atoms with Crippen molar-refractivity contribution in [3.05, 3.63) is 76.9 Å². The van der Waals surface area contributed by atoms with Gasteiger partial charge in [0, 0.05) is 22.5 Å². The van der Waals surface area contributed by atoms with Gasteiger partial charge in [-0.3, -0.25) is 4.98 Å². The summed E-state index contributed by atoms with van der Waals surface area (Å²) in [5.41, 5.74) is 3.65. The molecule has 0 spiro atoms. The third-order valence-electron chi connectivity index (χ3n) is 3.34. The molecule has 3 nitrogen and oxygen atoms in total. The molecule has 2 N–H and O–H groups in total. The van der Waals surface area contributed by atoms with Crippen LogP contribution < -0.4 is 5.84 Å². The number of hydrogen-bond donors (Lipinski definition) is 1. The van der Waals surface area contributed by atoms with Crippen LogP contribution in [-0.2, 0) is 6.42 Å². The standard InChI is InChI=1S/C17H14ClN3/c18-14-8-5-13(6-9-14)17(21-19)11-15-10-7-12-3-1-2-4-16(12)20-15/h1-10H,11,19H2. The van der Waals surface area contributed by atoms with E-state index in [4.69, 9.17) is 17.4 Å². The minimum Gasteiger partial charge on any atom is -0.323 e. The highest BCUT2D eigenvalue weighted by Gasteiger charge is 2.07. The summed E-state index contributed by atoms with van der Waals surface area (Å²) >= 11 is 5.90. The summed E-state index contributed by atoms with van der Waals surface area (Å²) in [7, 11) is 0. The first-order valence-electron chi connectivity index (χ1n) is 6.63. The lowest BCUT2D eigenvalue weighted by atomic mass is 10.0. The highest BCUT2D eigenvalue weighted by Crippen LogP contribution is 2.15. The molecule has 1 heterocycles. The molecule has 0 amide bonds. The van der Waals surface area contributed by atoms with Crippen molar-refractivity contribution in [2.75, 3.05) is 0 Å². The normalized spacial score (nSPS) is 11.8. The Kier molecular flexibility index (Phi) is 3.84. The van der Waals surface area contributed by atoms with Crippen LogP contribution in [0.25, 0.3) is 10.9 Å². The van der Waals surface area contributed by atoms with E-state index in [2.05, 4.69) is 16.2 Å². The first-order valence-corrected chi connectivity index (χ1v) is 7.01. The molecule has 0 aliphatic heterocycles. The number of benzene rings is 2. The Labute approximate surface area is 128 Å². The van der Waals surface area contributed by atoms with Gasteiger partial charge in [-0.1, -0.05) is 48.0 Å². The van der Waals surface area contributed by atoms with Gasteiger partial charge >= 0.3 is 0 Å². The first kappa shape index (κ1) is 13.6. The predicted octanol–water partition coefficient (Wildman–Crippen LogP) is 3.79. The Hall–Kier alpha value is -2.39. The molecule has 0 unspecified atom stereocenters. The second-order valence-corrected chi connectivity index (χ2v) is 5.19. The molecule has 4 heteroatoms. The van der Waals surface area contributed by atoms with Gasteiger partial charge in [-0.15, -0.1) is 0 Å². The Morgan fingerprint density at radius 2 is 1.76 bits per heavy atom. The van der Waals surface area contributed by atoms with Gasteiger partial charge in [0.15, 0.2) is 0 Å². The van der Waals surface area contributed by atoms with Crippen molar-refractivity contribution in [1.29, 1.82) is 0 Å². The molecule has 3 rings (SSSR count). The second-order valence-electron chi connectivity index (χ2n) is 4.75. The van der Waals surface area contributed by atoms with Gasteiger partial charge in [0.25, 0.3) is 0 Å². The van der Waals surface area contributed by atoms with E-state index in [9.17, 15) is 0 Å². The molecule has 1 aromatic heterocycles. The van der Waals surface area contributed by atoms with Crippen molar-refractivity contribution in [3.63, 3.8) is 0 Å². The van der Waals surface area contributed by atoms with E-state index < -0.39 is 0 Å². The molecule has 2 aromatic carbocycles. The number of nitrogens with two attached hydrogens (primary N) is 1. The lowest BCUT2D eigenvalue weighted by Crippen LogP contribution is -2.09. The second kappa shape index (κ2) is 5.94. The molecule has 0 radical (unpaired) electrons. The zero-order valence-corrected chi connectivity index (χ0v) is 12.1. The summed E-state index contributed by atoms with van der Waals surface area (Å²) in [5.74, 6) is 5.53. The summed E-state index contributed by atoms with van der Waals surface area (Å²) in [4.78, 5) is 4.64. The fraction of sp³-hybridized carbons (Fsp3) is 0.0588. The number of hydrazone groups is 1. The summed E-state index contributed by atoms with van der Waals surface area (Å²) in [6.45, 7) is 0. The molecule has 21 heavy (non-hydrogen) atoms. The van der Waals surface area contributed by atoms with Crippen LogP contribution in [0.1, 0.15) is 11.3 Å². The third kappa shape index (κ3) is 3.03. The zero-order chi connectivity index (χ0) is 14.7. The summed E-state index contributed by atoms with van der Waals surface area (Å²) in [6.07, 6.45) is 0.586. The van der Waals surface area contributed by atoms with Crippen LogP contribution in [0.2, 0.25) is 5.02 Å². The molecular formula is C17H14ClN3. The van der Waals surface area contributed by atoms with Crippen LogP contribution in [0, 0.1) is 0 Å². The number of pyridine rings is 1. The van der Waals surface area contributed by atoms with Crippen molar-refractivity contribution in [2.45, 2.75) is 6.42 Å². The zero-order valence-electron chi connectivity index (χ0n) is 11.3. The molecule has 3 aromatic rings. The molecule has 0 atom stereocenters. The first-order chi connectivity index (χ1) is 10.3. The minimum absolute atomic E-state index is 0.586. The number of para-hydroxylation sites is 1. The van der Waals surface area contributed by atoms with Gasteiger partial charge in [0.2, 0.25) is 0 Å². The monoisotopic (exact) mass is 295 g/mol. The van der Waals surface area contributed by atoms with Gasteiger partial charge in [0.05, 0.1) is 11.2 Å². The summed E-state index contributed by atoms with van der Waals surface area (Å²) in [5, 5.41) is 5.71. The molecule has 0 aliphatic rings. The molecule has 104 valence electrons. The highest BCUT2D eigenvalue weighted by molar-refractivity contribution is 6.30. The molecule has 0 aliphatic carbocycles. The fourth-order valence-corrected chi connectivity index (χ4v) is 2.37. The highest BCUT2D eigenvalue weighted by atomic mass is 35.5. The number of halogens is 1. The van der Waals surface area contributed by atoms with E-state index in [-0.39, 0.29) is 0 Å². The fourth-order valence-electron chi connectivity index (χ4n) is 2.24. The van der Waals surface area contributed by atoms with Crippen LogP contribution in [0.4, 0.5) is 0 Å². The number of nitrogens with zero attached hydrogens (tertiary/aromatic N) is 2. The Bertz CT molecular complexity index is 794. The average Bonchev–Trinajstić information content (AvgIpc) is 2.53. The molecule has 0 saturated heterocycles. The van der Waals surface area contributed by atoms with Gasteiger partial charge in [-0.05, 0) is 29.8 Å². The Balaban J connectivity index is 1.90. The number of hydrogen-bond acceptors (Lipinski definition) is 3. The van der Waals surface area contributed by atoms with E-state index in [1.165, 1.54) is 0 Å². The number of aromatic nitrogens is 1. The van der Waals surface area contributed by atoms with Crippen molar-refractivity contribution in [2.24, 2.45) is 10.9 Å². The lowest BCUT2D eigenvalue weighted by Gasteiger charge is -2.06. The van der Waals surface area contributed by atoms with E-state index in [1.807, 2.05) is 54.6 Å². The molecular weight excluding hydrogens is 282 g/mol. The van der Waals surface area contributed by atoms with Crippen LogP contribution in [0.3, 0.4) is 0 Å². The van der Waals surface area contributed by atoms with Gasteiger partial charge < -0.3 is 5.84 Å². The predicted molar refractivity (Wildman–Crippen MR) is 87.6 cm³/mol. The van der Waals surface area contributed by atoms with E-state index in [0.717, 1.165) is 27.9 Å². The summed E-state index contributed by atoms with van der Waals surface area (Å²) in [6, 6.07) is 19.6.